The van der Waals surface area contributed by atoms with Crippen LogP contribution in [0.4, 0.5) is 0 Å². The van der Waals surface area contributed by atoms with Gasteiger partial charge in [-0.25, -0.2) is 0 Å². The predicted molar refractivity (Wildman–Crippen MR) is 72.1 cm³/mol. The van der Waals surface area contributed by atoms with Crippen LogP contribution in [0.3, 0.4) is 0 Å². The second kappa shape index (κ2) is 7.05. The van der Waals surface area contributed by atoms with Crippen LogP contribution in [0, 0.1) is 0 Å². The lowest BCUT2D eigenvalue weighted by atomic mass is 10.2. The molecular formula is C11H23NOS2. The molecule has 0 aromatic carbocycles. The van der Waals surface area contributed by atoms with Gasteiger partial charge in [0.25, 0.3) is 0 Å². The molecule has 0 aromatic heterocycles. The maximum atomic E-state index is 5.29. The molecule has 1 saturated heterocycles. The summed E-state index contributed by atoms with van der Waals surface area (Å²) < 4.78 is 5.29. The molecule has 0 bridgehead atoms. The van der Waals surface area contributed by atoms with Crippen molar-refractivity contribution in [3.8, 4) is 0 Å². The van der Waals surface area contributed by atoms with Gasteiger partial charge in [-0.15, -0.1) is 0 Å². The Morgan fingerprint density at radius 3 is 2.67 bits per heavy atom. The maximum absolute atomic E-state index is 5.29. The Morgan fingerprint density at radius 2 is 2.13 bits per heavy atom. The number of thioether (sulfide) groups is 2. The first-order valence-corrected chi connectivity index (χ1v) is 7.67. The fourth-order valence-corrected chi connectivity index (χ4v) is 4.87. The summed E-state index contributed by atoms with van der Waals surface area (Å²) in [5.41, 5.74) is 0. The molecule has 0 radical (unpaired) electrons. The summed E-state index contributed by atoms with van der Waals surface area (Å²) in [6, 6.07) is 0.507. The molecule has 0 aliphatic carbocycles. The van der Waals surface area contributed by atoms with Crippen molar-refractivity contribution in [1.82, 2.24) is 5.32 Å². The van der Waals surface area contributed by atoms with Crippen molar-refractivity contribution in [2.75, 3.05) is 26.0 Å². The lowest BCUT2D eigenvalue weighted by Gasteiger charge is -2.35. The second-order valence-corrected chi connectivity index (χ2v) is 7.07. The lowest BCUT2D eigenvalue weighted by Crippen LogP contribution is -2.45. The highest BCUT2D eigenvalue weighted by Gasteiger charge is 2.30. The van der Waals surface area contributed by atoms with E-state index in [1.54, 1.807) is 7.11 Å². The number of hydrogen-bond acceptors (Lipinski definition) is 4. The zero-order valence-corrected chi connectivity index (χ0v) is 11.8. The molecule has 1 rings (SSSR count). The van der Waals surface area contributed by atoms with Crippen molar-refractivity contribution in [2.24, 2.45) is 0 Å². The van der Waals surface area contributed by atoms with E-state index in [0.29, 0.717) is 11.3 Å². The smallest absolute Gasteiger partial charge is 0.0626 e. The number of methoxy groups -OCH3 is 1. The topological polar surface area (TPSA) is 21.3 Å². The van der Waals surface area contributed by atoms with Crippen molar-refractivity contribution in [1.29, 1.82) is 0 Å². The van der Waals surface area contributed by atoms with Crippen LogP contribution in [0.15, 0.2) is 0 Å². The first-order chi connectivity index (χ1) is 7.19. The van der Waals surface area contributed by atoms with E-state index in [1.807, 2.05) is 0 Å². The minimum Gasteiger partial charge on any atom is -0.383 e. The Kier molecular flexibility index (Phi) is 6.43. The van der Waals surface area contributed by atoms with Crippen molar-refractivity contribution in [2.45, 2.75) is 42.6 Å². The standard InChI is InChI=1S/C11H23NOS2/c1-5-12-10(6-13-4)11-7-14-8(2)9(3)15-11/h8-12H,5-7H2,1-4H3. The van der Waals surface area contributed by atoms with E-state index in [0.717, 1.165) is 23.7 Å². The molecule has 1 aliphatic heterocycles. The molecular weight excluding hydrogens is 226 g/mol. The number of ether oxygens (including phenoxy) is 1. The molecule has 15 heavy (non-hydrogen) atoms. The van der Waals surface area contributed by atoms with E-state index in [1.165, 1.54) is 5.75 Å². The average Bonchev–Trinajstić information content (AvgIpc) is 2.22. The molecule has 4 heteroatoms. The van der Waals surface area contributed by atoms with Crippen LogP contribution in [-0.2, 0) is 4.74 Å². The second-order valence-electron chi connectivity index (χ2n) is 4.04. The fourth-order valence-electron chi connectivity index (χ4n) is 1.76. The minimum atomic E-state index is 0.507. The van der Waals surface area contributed by atoms with E-state index in [-0.39, 0.29) is 0 Å². The molecule has 2 nitrogen and oxygen atoms in total. The van der Waals surface area contributed by atoms with Crippen molar-refractivity contribution in [3.63, 3.8) is 0 Å². The third kappa shape index (κ3) is 4.17. The van der Waals surface area contributed by atoms with Gasteiger partial charge in [-0.3, -0.25) is 0 Å². The molecule has 4 unspecified atom stereocenters. The summed E-state index contributed by atoms with van der Waals surface area (Å²) in [5, 5.41) is 5.77. The Morgan fingerprint density at radius 1 is 1.40 bits per heavy atom. The van der Waals surface area contributed by atoms with Gasteiger partial charge in [0, 0.05) is 34.7 Å². The van der Waals surface area contributed by atoms with Crippen molar-refractivity contribution in [3.05, 3.63) is 0 Å². The van der Waals surface area contributed by atoms with Gasteiger partial charge in [0.2, 0.25) is 0 Å². The number of nitrogens with one attached hydrogen (secondary N) is 1. The molecule has 1 heterocycles. The fraction of sp³-hybridized carbons (Fsp3) is 1.00. The van der Waals surface area contributed by atoms with E-state index >= 15 is 0 Å². The molecule has 0 saturated carbocycles. The number of hydrogen-bond donors (Lipinski definition) is 1. The summed E-state index contributed by atoms with van der Waals surface area (Å²) in [6.45, 7) is 8.68. The summed E-state index contributed by atoms with van der Waals surface area (Å²) in [5.74, 6) is 1.25. The third-order valence-electron chi connectivity index (χ3n) is 2.84. The van der Waals surface area contributed by atoms with Gasteiger partial charge in [0.1, 0.15) is 0 Å². The lowest BCUT2D eigenvalue weighted by molar-refractivity contribution is 0.167. The number of likely N-dealkylation sites (N-methyl/N-ethyl adjacent to an activating group) is 1. The van der Waals surface area contributed by atoms with Crippen LogP contribution >= 0.6 is 23.5 Å². The normalized spacial score (nSPS) is 34.0. The molecule has 4 atom stereocenters. The van der Waals surface area contributed by atoms with Crippen LogP contribution in [0.1, 0.15) is 20.8 Å². The molecule has 90 valence electrons. The van der Waals surface area contributed by atoms with Crippen LogP contribution in [0.25, 0.3) is 0 Å². The molecule has 1 aliphatic rings. The quantitative estimate of drug-likeness (QED) is 0.806. The van der Waals surface area contributed by atoms with Gasteiger partial charge in [0.05, 0.1) is 6.61 Å². The first-order valence-electron chi connectivity index (χ1n) is 5.68. The van der Waals surface area contributed by atoms with Gasteiger partial charge in [0.15, 0.2) is 0 Å². The Balaban J connectivity index is 2.45. The monoisotopic (exact) mass is 249 g/mol. The Labute approximate surface area is 102 Å². The predicted octanol–water partition coefficient (Wildman–Crippen LogP) is 2.24. The summed E-state index contributed by atoms with van der Waals surface area (Å²) >= 11 is 4.22. The third-order valence-corrected chi connectivity index (χ3v) is 6.39. The van der Waals surface area contributed by atoms with Crippen molar-refractivity contribution >= 4 is 23.5 Å². The van der Waals surface area contributed by atoms with E-state index in [4.69, 9.17) is 4.74 Å². The van der Waals surface area contributed by atoms with Gasteiger partial charge in [-0.05, 0) is 6.54 Å². The van der Waals surface area contributed by atoms with Gasteiger partial charge in [-0.1, -0.05) is 20.8 Å². The average molecular weight is 249 g/mol. The molecule has 0 aromatic rings. The van der Waals surface area contributed by atoms with E-state index < -0.39 is 0 Å². The maximum Gasteiger partial charge on any atom is 0.0626 e. The zero-order chi connectivity index (χ0) is 11.3. The molecule has 0 spiro atoms. The van der Waals surface area contributed by atoms with Crippen LogP contribution in [0.2, 0.25) is 0 Å². The summed E-state index contributed by atoms with van der Waals surface area (Å²) in [6.07, 6.45) is 0. The highest BCUT2D eigenvalue weighted by molar-refractivity contribution is 8.07. The first kappa shape index (κ1) is 13.7. The Hall–Kier alpha value is 0.620. The Bertz CT molecular complexity index is 174. The van der Waals surface area contributed by atoms with Crippen LogP contribution in [0.5, 0.6) is 0 Å². The number of rotatable bonds is 5. The van der Waals surface area contributed by atoms with Crippen LogP contribution in [-0.4, -0.2) is 47.8 Å². The largest absolute Gasteiger partial charge is 0.383 e. The van der Waals surface area contributed by atoms with Crippen molar-refractivity contribution < 1.29 is 4.74 Å². The highest BCUT2D eigenvalue weighted by atomic mass is 32.2. The highest BCUT2D eigenvalue weighted by Crippen LogP contribution is 2.37. The van der Waals surface area contributed by atoms with Gasteiger partial charge >= 0.3 is 0 Å². The SMILES string of the molecule is CCNC(COC)C1CSC(C)C(C)S1. The summed E-state index contributed by atoms with van der Waals surface area (Å²) in [7, 11) is 1.79. The molecule has 1 fully saturated rings. The zero-order valence-electron chi connectivity index (χ0n) is 10.2. The van der Waals surface area contributed by atoms with E-state index in [9.17, 15) is 0 Å². The van der Waals surface area contributed by atoms with Crippen LogP contribution < -0.4 is 5.32 Å². The molecule has 0 amide bonds. The summed E-state index contributed by atoms with van der Waals surface area (Å²) in [4.78, 5) is 0. The molecule has 1 N–H and O–H groups in total. The van der Waals surface area contributed by atoms with Gasteiger partial charge in [-0.2, -0.15) is 23.5 Å². The van der Waals surface area contributed by atoms with Gasteiger partial charge < -0.3 is 10.1 Å². The minimum absolute atomic E-state index is 0.507. The van der Waals surface area contributed by atoms with E-state index in [2.05, 4.69) is 49.6 Å².